The molecule has 0 aromatic heterocycles. The summed E-state index contributed by atoms with van der Waals surface area (Å²) < 4.78 is 12.8. The lowest BCUT2D eigenvalue weighted by atomic mass is 9.89. The second-order valence-electron chi connectivity index (χ2n) is 4.62. The van der Waals surface area contributed by atoms with E-state index >= 15 is 0 Å². The maximum Gasteiger partial charge on any atom is 0.123 e. The Hall–Kier alpha value is -1.09. The molecule has 1 unspecified atom stereocenters. The Labute approximate surface area is 96.0 Å². The molecule has 3 N–H and O–H groups in total. The Morgan fingerprint density at radius 2 is 2.00 bits per heavy atom. The lowest BCUT2D eigenvalue weighted by molar-refractivity contribution is 0.404. The maximum atomic E-state index is 12.8. The van der Waals surface area contributed by atoms with Crippen molar-refractivity contribution >= 4 is 5.69 Å². The molecule has 0 bridgehead atoms. The number of nitrogens with one attached hydrogen (secondary N) is 1. The van der Waals surface area contributed by atoms with Gasteiger partial charge in [0.05, 0.1) is 5.54 Å². The highest BCUT2D eigenvalue weighted by Crippen LogP contribution is 2.42. The van der Waals surface area contributed by atoms with Gasteiger partial charge < -0.3 is 11.1 Å². The van der Waals surface area contributed by atoms with E-state index in [-0.39, 0.29) is 11.4 Å². The molecule has 0 radical (unpaired) electrons. The zero-order valence-corrected chi connectivity index (χ0v) is 9.67. The summed E-state index contributed by atoms with van der Waals surface area (Å²) in [4.78, 5) is 0. The second-order valence-corrected chi connectivity index (χ2v) is 4.62. The monoisotopic (exact) mass is 222 g/mol. The fourth-order valence-corrected chi connectivity index (χ4v) is 2.30. The summed E-state index contributed by atoms with van der Waals surface area (Å²) >= 11 is 0. The van der Waals surface area contributed by atoms with Crippen LogP contribution >= 0.6 is 0 Å². The van der Waals surface area contributed by atoms with Gasteiger partial charge in [-0.15, -0.1) is 0 Å². The van der Waals surface area contributed by atoms with Gasteiger partial charge in [-0.2, -0.15) is 0 Å². The Morgan fingerprint density at radius 3 is 2.44 bits per heavy atom. The minimum atomic E-state index is -0.202. The van der Waals surface area contributed by atoms with E-state index < -0.39 is 0 Å². The van der Waals surface area contributed by atoms with E-state index in [0.717, 1.165) is 12.1 Å². The number of nitrogens with two attached hydrogens (primary N) is 1. The topological polar surface area (TPSA) is 38.0 Å². The van der Waals surface area contributed by atoms with Crippen LogP contribution in [-0.2, 0) is 0 Å². The third-order valence-electron chi connectivity index (χ3n) is 3.59. The molecule has 1 atom stereocenters. The van der Waals surface area contributed by atoms with Gasteiger partial charge in [0.15, 0.2) is 0 Å². The number of halogens is 1. The third kappa shape index (κ3) is 2.19. The first-order chi connectivity index (χ1) is 7.70. The van der Waals surface area contributed by atoms with Crippen LogP contribution in [0.1, 0.15) is 26.2 Å². The molecule has 1 aliphatic carbocycles. The molecule has 0 spiro atoms. The molecule has 1 aromatic carbocycles. The molecule has 88 valence electrons. The fraction of sp³-hybridized carbons (Fsp3) is 0.538. The molecule has 16 heavy (non-hydrogen) atoms. The standard InChI is InChI=1S/C13H19FN2/c1-2-13(9-15,10-3-4-10)16-12-7-5-11(14)6-8-12/h5-8,10,16H,2-4,9,15H2,1H3. The number of hydrogen-bond acceptors (Lipinski definition) is 2. The first-order valence-electron chi connectivity index (χ1n) is 5.94. The summed E-state index contributed by atoms with van der Waals surface area (Å²) in [6.07, 6.45) is 3.50. The summed E-state index contributed by atoms with van der Waals surface area (Å²) in [7, 11) is 0. The van der Waals surface area contributed by atoms with Crippen molar-refractivity contribution in [3.63, 3.8) is 0 Å². The average molecular weight is 222 g/mol. The SMILES string of the molecule is CCC(CN)(Nc1ccc(F)cc1)C1CC1. The van der Waals surface area contributed by atoms with Crippen molar-refractivity contribution < 1.29 is 4.39 Å². The second kappa shape index (κ2) is 4.42. The van der Waals surface area contributed by atoms with Crippen molar-refractivity contribution in [2.45, 2.75) is 31.7 Å². The summed E-state index contributed by atoms with van der Waals surface area (Å²) in [5, 5.41) is 3.49. The van der Waals surface area contributed by atoms with Crippen molar-refractivity contribution in [1.29, 1.82) is 0 Å². The predicted molar refractivity (Wildman–Crippen MR) is 64.8 cm³/mol. The maximum absolute atomic E-state index is 12.8. The number of anilines is 1. The van der Waals surface area contributed by atoms with Crippen molar-refractivity contribution in [1.82, 2.24) is 0 Å². The molecule has 2 nitrogen and oxygen atoms in total. The van der Waals surface area contributed by atoms with E-state index in [1.165, 1.54) is 25.0 Å². The van der Waals surface area contributed by atoms with E-state index in [2.05, 4.69) is 12.2 Å². The van der Waals surface area contributed by atoms with Gasteiger partial charge in [0.1, 0.15) is 5.82 Å². The predicted octanol–water partition coefficient (Wildman–Crippen LogP) is 2.76. The van der Waals surface area contributed by atoms with Crippen LogP contribution in [-0.4, -0.2) is 12.1 Å². The third-order valence-corrected chi connectivity index (χ3v) is 3.59. The highest BCUT2D eigenvalue weighted by atomic mass is 19.1. The van der Waals surface area contributed by atoms with Crippen molar-refractivity contribution in [3.8, 4) is 0 Å². The van der Waals surface area contributed by atoms with Crippen LogP contribution in [0.5, 0.6) is 0 Å². The molecular formula is C13H19FN2. The largest absolute Gasteiger partial charge is 0.378 e. The fourth-order valence-electron chi connectivity index (χ4n) is 2.30. The van der Waals surface area contributed by atoms with E-state index in [1.807, 2.05) is 0 Å². The van der Waals surface area contributed by atoms with Gasteiger partial charge in [-0.3, -0.25) is 0 Å². The van der Waals surface area contributed by atoms with E-state index in [4.69, 9.17) is 5.73 Å². The molecule has 1 aromatic rings. The van der Waals surface area contributed by atoms with Gasteiger partial charge >= 0.3 is 0 Å². The van der Waals surface area contributed by atoms with E-state index in [0.29, 0.717) is 12.5 Å². The highest BCUT2D eigenvalue weighted by Gasteiger charge is 2.42. The lowest BCUT2D eigenvalue weighted by Crippen LogP contribution is -2.47. The van der Waals surface area contributed by atoms with Crippen LogP contribution in [0.2, 0.25) is 0 Å². The Kier molecular flexibility index (Phi) is 3.15. The molecule has 1 aliphatic rings. The molecular weight excluding hydrogens is 203 g/mol. The van der Waals surface area contributed by atoms with Gasteiger partial charge in [-0.1, -0.05) is 6.92 Å². The van der Waals surface area contributed by atoms with Crippen molar-refractivity contribution in [2.75, 3.05) is 11.9 Å². The zero-order valence-electron chi connectivity index (χ0n) is 9.67. The van der Waals surface area contributed by atoms with Crippen LogP contribution < -0.4 is 11.1 Å². The van der Waals surface area contributed by atoms with Gasteiger partial charge in [-0.05, 0) is 49.4 Å². The summed E-state index contributed by atoms with van der Waals surface area (Å²) in [6, 6.07) is 6.51. The Balaban J connectivity index is 2.13. The van der Waals surface area contributed by atoms with Gasteiger partial charge in [0.25, 0.3) is 0 Å². The van der Waals surface area contributed by atoms with E-state index in [1.54, 1.807) is 12.1 Å². The van der Waals surface area contributed by atoms with Crippen molar-refractivity contribution in [2.24, 2.45) is 11.7 Å². The summed E-state index contributed by atoms with van der Waals surface area (Å²) in [6.45, 7) is 2.78. The molecule has 1 fully saturated rings. The first-order valence-corrected chi connectivity index (χ1v) is 5.94. The zero-order chi connectivity index (χ0) is 11.6. The van der Waals surface area contributed by atoms with Crippen LogP contribution in [0.3, 0.4) is 0 Å². The minimum absolute atomic E-state index is 0.00215. The highest BCUT2D eigenvalue weighted by molar-refractivity contribution is 5.46. The van der Waals surface area contributed by atoms with Gasteiger partial charge in [0.2, 0.25) is 0 Å². The molecule has 0 aliphatic heterocycles. The molecule has 1 saturated carbocycles. The molecule has 2 rings (SSSR count). The van der Waals surface area contributed by atoms with Gasteiger partial charge in [0, 0.05) is 12.2 Å². The Morgan fingerprint density at radius 1 is 1.38 bits per heavy atom. The quantitative estimate of drug-likeness (QED) is 0.804. The first kappa shape index (κ1) is 11.4. The number of hydrogen-bond donors (Lipinski definition) is 2. The number of rotatable bonds is 5. The molecule has 0 saturated heterocycles. The average Bonchev–Trinajstić information content (AvgIpc) is 3.13. The minimum Gasteiger partial charge on any atom is -0.378 e. The van der Waals surface area contributed by atoms with Crippen LogP contribution in [0.4, 0.5) is 10.1 Å². The van der Waals surface area contributed by atoms with E-state index in [9.17, 15) is 4.39 Å². The number of benzene rings is 1. The summed E-state index contributed by atoms with van der Waals surface area (Å²) in [5.41, 5.74) is 6.86. The lowest BCUT2D eigenvalue weighted by Gasteiger charge is -2.34. The van der Waals surface area contributed by atoms with Crippen LogP contribution in [0.15, 0.2) is 24.3 Å². The van der Waals surface area contributed by atoms with Crippen molar-refractivity contribution in [3.05, 3.63) is 30.1 Å². The molecule has 0 heterocycles. The van der Waals surface area contributed by atoms with Crippen LogP contribution in [0.25, 0.3) is 0 Å². The molecule has 3 heteroatoms. The van der Waals surface area contributed by atoms with Crippen LogP contribution in [0, 0.1) is 11.7 Å². The normalized spacial score (nSPS) is 19.2. The van der Waals surface area contributed by atoms with Gasteiger partial charge in [-0.25, -0.2) is 4.39 Å². The Bertz CT molecular complexity index is 339. The molecule has 0 amide bonds. The summed E-state index contributed by atoms with van der Waals surface area (Å²) in [5.74, 6) is 0.472. The smallest absolute Gasteiger partial charge is 0.123 e.